The molecular weight excluding hydrogens is 180 g/mol. The van der Waals surface area contributed by atoms with Crippen LogP contribution in [-0.2, 0) is 0 Å². The second kappa shape index (κ2) is 3.83. The minimum atomic E-state index is -0.317. The third-order valence-electron chi connectivity index (χ3n) is 2.31. The molecule has 74 valence electrons. The SMILES string of the molecule is NC1NNCC1C(=O)c1cccnc1. The number of Topliss-reactive ketones (excluding diaryl/α,β-unsaturated/α-hetero) is 1. The maximum atomic E-state index is 11.9. The number of rotatable bonds is 2. The predicted octanol–water partition coefficient (Wildman–Crippen LogP) is -0.727. The number of carbonyl (C=O) groups is 1. The summed E-state index contributed by atoms with van der Waals surface area (Å²) in [4.78, 5) is 15.8. The lowest BCUT2D eigenvalue weighted by Crippen LogP contribution is -2.41. The summed E-state index contributed by atoms with van der Waals surface area (Å²) >= 11 is 0. The summed E-state index contributed by atoms with van der Waals surface area (Å²) in [6, 6.07) is 3.49. The van der Waals surface area contributed by atoms with E-state index in [2.05, 4.69) is 15.8 Å². The molecule has 2 atom stereocenters. The molecule has 0 aliphatic carbocycles. The van der Waals surface area contributed by atoms with Crippen LogP contribution >= 0.6 is 0 Å². The Morgan fingerprint density at radius 2 is 2.50 bits per heavy atom. The average Bonchev–Trinajstić information content (AvgIpc) is 2.65. The number of aromatic nitrogens is 1. The maximum Gasteiger partial charge on any atom is 0.171 e. The Hall–Kier alpha value is -1.30. The van der Waals surface area contributed by atoms with E-state index in [0.717, 1.165) is 0 Å². The van der Waals surface area contributed by atoms with Crippen molar-refractivity contribution in [3.63, 3.8) is 0 Å². The lowest BCUT2D eigenvalue weighted by molar-refractivity contribution is 0.0918. The van der Waals surface area contributed by atoms with Crippen LogP contribution < -0.4 is 16.6 Å². The van der Waals surface area contributed by atoms with Crippen LogP contribution in [-0.4, -0.2) is 23.5 Å². The van der Waals surface area contributed by atoms with E-state index >= 15 is 0 Å². The van der Waals surface area contributed by atoms with Gasteiger partial charge in [-0.3, -0.25) is 15.2 Å². The molecule has 14 heavy (non-hydrogen) atoms. The first-order valence-electron chi connectivity index (χ1n) is 4.47. The molecule has 4 N–H and O–H groups in total. The molecule has 0 saturated carbocycles. The van der Waals surface area contributed by atoms with Gasteiger partial charge in [-0.05, 0) is 12.1 Å². The number of hydrazine groups is 1. The number of pyridine rings is 1. The highest BCUT2D eigenvalue weighted by Crippen LogP contribution is 2.11. The molecule has 1 saturated heterocycles. The molecule has 1 aliphatic rings. The molecule has 0 bridgehead atoms. The van der Waals surface area contributed by atoms with Gasteiger partial charge in [0.05, 0.1) is 12.1 Å². The summed E-state index contributed by atoms with van der Waals surface area (Å²) in [6.45, 7) is 0.564. The largest absolute Gasteiger partial charge is 0.314 e. The highest BCUT2D eigenvalue weighted by atomic mass is 16.1. The molecule has 0 aromatic carbocycles. The van der Waals surface area contributed by atoms with Gasteiger partial charge < -0.3 is 5.73 Å². The van der Waals surface area contributed by atoms with Crippen LogP contribution in [0.2, 0.25) is 0 Å². The fraction of sp³-hybridized carbons (Fsp3) is 0.333. The molecule has 2 heterocycles. The minimum Gasteiger partial charge on any atom is -0.314 e. The average molecular weight is 192 g/mol. The third-order valence-corrected chi connectivity index (χ3v) is 2.31. The van der Waals surface area contributed by atoms with Crippen molar-refractivity contribution in [3.05, 3.63) is 30.1 Å². The van der Waals surface area contributed by atoms with Crippen molar-refractivity contribution < 1.29 is 4.79 Å². The van der Waals surface area contributed by atoms with Gasteiger partial charge in [0.2, 0.25) is 0 Å². The van der Waals surface area contributed by atoms with Gasteiger partial charge in [0.25, 0.3) is 0 Å². The van der Waals surface area contributed by atoms with Gasteiger partial charge in [-0.2, -0.15) is 0 Å². The zero-order valence-corrected chi connectivity index (χ0v) is 7.60. The zero-order valence-electron chi connectivity index (χ0n) is 7.60. The Bertz CT molecular complexity index is 327. The fourth-order valence-corrected chi connectivity index (χ4v) is 1.49. The molecule has 5 heteroatoms. The Morgan fingerprint density at radius 3 is 3.07 bits per heavy atom. The van der Waals surface area contributed by atoms with Crippen molar-refractivity contribution in [1.29, 1.82) is 0 Å². The number of nitrogens with zero attached hydrogens (tertiary/aromatic N) is 1. The number of nitrogens with one attached hydrogen (secondary N) is 2. The first-order chi connectivity index (χ1) is 6.79. The van der Waals surface area contributed by atoms with Crippen LogP contribution in [0, 0.1) is 5.92 Å². The maximum absolute atomic E-state index is 11.9. The minimum absolute atomic E-state index is 0.0306. The Morgan fingerprint density at radius 1 is 1.64 bits per heavy atom. The Balaban J connectivity index is 2.16. The Labute approximate surface area is 81.7 Å². The molecule has 0 spiro atoms. The van der Waals surface area contributed by atoms with E-state index in [1.54, 1.807) is 24.5 Å². The Kier molecular flexibility index (Phi) is 2.53. The van der Waals surface area contributed by atoms with Crippen molar-refractivity contribution in [2.24, 2.45) is 11.7 Å². The van der Waals surface area contributed by atoms with E-state index in [4.69, 9.17) is 5.73 Å². The van der Waals surface area contributed by atoms with Crippen LogP contribution in [0.25, 0.3) is 0 Å². The highest BCUT2D eigenvalue weighted by molar-refractivity contribution is 5.98. The normalized spacial score (nSPS) is 26.4. The van der Waals surface area contributed by atoms with E-state index in [1.807, 2.05) is 0 Å². The smallest absolute Gasteiger partial charge is 0.171 e. The molecule has 0 amide bonds. The van der Waals surface area contributed by atoms with Crippen molar-refractivity contribution >= 4 is 5.78 Å². The van der Waals surface area contributed by atoms with E-state index in [0.29, 0.717) is 12.1 Å². The number of carbonyl (C=O) groups excluding carboxylic acids is 1. The summed E-state index contributed by atoms with van der Waals surface area (Å²) < 4.78 is 0. The molecule has 2 unspecified atom stereocenters. The van der Waals surface area contributed by atoms with Gasteiger partial charge in [-0.25, -0.2) is 5.43 Å². The summed E-state index contributed by atoms with van der Waals surface area (Å²) in [7, 11) is 0. The fourth-order valence-electron chi connectivity index (χ4n) is 1.49. The van der Waals surface area contributed by atoms with E-state index < -0.39 is 0 Å². The van der Waals surface area contributed by atoms with E-state index in [-0.39, 0.29) is 17.9 Å². The molecule has 2 rings (SSSR count). The van der Waals surface area contributed by atoms with Crippen molar-refractivity contribution in [2.75, 3.05) is 6.54 Å². The molecule has 1 aromatic rings. The summed E-state index contributed by atoms with van der Waals surface area (Å²) in [5.74, 6) is -0.178. The van der Waals surface area contributed by atoms with Crippen LogP contribution in [0.4, 0.5) is 0 Å². The lowest BCUT2D eigenvalue weighted by atomic mass is 9.98. The van der Waals surface area contributed by atoms with Gasteiger partial charge in [-0.15, -0.1) is 0 Å². The molecule has 1 fully saturated rings. The van der Waals surface area contributed by atoms with Gasteiger partial charge in [0, 0.05) is 24.5 Å². The predicted molar refractivity (Wildman–Crippen MR) is 51.2 cm³/mol. The first kappa shape index (κ1) is 9.26. The van der Waals surface area contributed by atoms with Crippen molar-refractivity contribution in [3.8, 4) is 0 Å². The second-order valence-corrected chi connectivity index (χ2v) is 3.26. The lowest BCUT2D eigenvalue weighted by Gasteiger charge is -2.11. The van der Waals surface area contributed by atoms with Crippen LogP contribution in [0.15, 0.2) is 24.5 Å². The highest BCUT2D eigenvalue weighted by Gasteiger charge is 2.30. The first-order valence-corrected chi connectivity index (χ1v) is 4.47. The topological polar surface area (TPSA) is 80.0 Å². The number of nitrogens with two attached hydrogens (primary N) is 1. The number of hydrogen-bond acceptors (Lipinski definition) is 5. The van der Waals surface area contributed by atoms with Gasteiger partial charge in [0.15, 0.2) is 5.78 Å². The number of ketones is 1. The van der Waals surface area contributed by atoms with Crippen molar-refractivity contribution in [1.82, 2.24) is 15.8 Å². The number of hydrogen-bond donors (Lipinski definition) is 3. The molecule has 5 nitrogen and oxygen atoms in total. The molecule has 1 aromatic heterocycles. The van der Waals surface area contributed by atoms with Crippen LogP contribution in [0.5, 0.6) is 0 Å². The van der Waals surface area contributed by atoms with E-state index in [1.165, 1.54) is 0 Å². The van der Waals surface area contributed by atoms with Crippen molar-refractivity contribution in [2.45, 2.75) is 6.17 Å². The van der Waals surface area contributed by atoms with Gasteiger partial charge >= 0.3 is 0 Å². The summed E-state index contributed by atoms with van der Waals surface area (Å²) in [5.41, 5.74) is 12.0. The molecule has 1 aliphatic heterocycles. The monoisotopic (exact) mass is 192 g/mol. The summed E-state index contributed by atoms with van der Waals surface area (Å²) in [6.07, 6.45) is 2.89. The zero-order chi connectivity index (χ0) is 9.97. The summed E-state index contributed by atoms with van der Waals surface area (Å²) in [5, 5.41) is 0. The quantitative estimate of drug-likeness (QED) is 0.538. The third kappa shape index (κ3) is 1.65. The van der Waals surface area contributed by atoms with Crippen LogP contribution in [0.1, 0.15) is 10.4 Å². The standard InChI is InChI=1S/C9H12N4O/c10-9-7(5-12-13-9)8(14)6-2-1-3-11-4-6/h1-4,7,9,12-13H,5,10H2. The van der Waals surface area contributed by atoms with E-state index in [9.17, 15) is 4.79 Å². The van der Waals surface area contributed by atoms with Gasteiger partial charge in [-0.1, -0.05) is 0 Å². The second-order valence-electron chi connectivity index (χ2n) is 3.26. The van der Waals surface area contributed by atoms with Crippen LogP contribution in [0.3, 0.4) is 0 Å². The molecule has 0 radical (unpaired) electrons. The van der Waals surface area contributed by atoms with Gasteiger partial charge in [0.1, 0.15) is 0 Å². The molecular formula is C9H12N4O.